The molecule has 5 nitrogen and oxygen atoms in total. The molecular weight excluding hydrogens is 250 g/mol. The first kappa shape index (κ1) is 14.7. The minimum atomic E-state index is 0.245. The minimum absolute atomic E-state index is 0.245. The van der Waals surface area contributed by atoms with Gasteiger partial charge in [-0.15, -0.1) is 0 Å². The Labute approximate surface area is 113 Å². The number of unbranched alkanes of at least 4 members (excludes halogenated alkanes) is 1. The van der Waals surface area contributed by atoms with Gasteiger partial charge >= 0.3 is 0 Å². The van der Waals surface area contributed by atoms with E-state index in [0.717, 1.165) is 30.6 Å². The summed E-state index contributed by atoms with van der Waals surface area (Å²) in [6.45, 7) is 7.06. The maximum absolute atomic E-state index is 5.86. The number of aromatic nitrogens is 4. The van der Waals surface area contributed by atoms with E-state index in [9.17, 15) is 0 Å². The average Bonchev–Trinajstić information content (AvgIpc) is 2.80. The van der Waals surface area contributed by atoms with Crippen LogP contribution in [0.5, 0.6) is 0 Å². The van der Waals surface area contributed by atoms with E-state index in [-0.39, 0.29) is 5.28 Å². The van der Waals surface area contributed by atoms with Crippen LogP contribution in [0, 0.1) is 0 Å². The summed E-state index contributed by atoms with van der Waals surface area (Å²) in [4.78, 5) is 12.6. The third-order valence-electron chi connectivity index (χ3n) is 2.43. The Bertz CT molecular complexity index is 494. The first-order chi connectivity index (χ1) is 8.76. The summed E-state index contributed by atoms with van der Waals surface area (Å²) >= 11 is 5.86. The third-order valence-corrected chi connectivity index (χ3v) is 2.60. The molecule has 0 aromatic carbocycles. The van der Waals surface area contributed by atoms with Crippen LogP contribution in [0.1, 0.15) is 33.6 Å². The third kappa shape index (κ3) is 3.10. The molecule has 0 fully saturated rings. The van der Waals surface area contributed by atoms with Crippen molar-refractivity contribution in [3.63, 3.8) is 0 Å². The summed E-state index contributed by atoms with van der Waals surface area (Å²) in [6, 6.07) is 0. The molecule has 0 atom stereocenters. The molecular formula is C12H20ClN5. The predicted molar refractivity (Wildman–Crippen MR) is 76.1 cm³/mol. The molecule has 6 heteroatoms. The van der Waals surface area contributed by atoms with Gasteiger partial charge in [-0.25, -0.2) is 4.98 Å². The lowest BCUT2D eigenvalue weighted by atomic mass is 10.3. The number of nitrogens with one attached hydrogen (secondary N) is 1. The predicted octanol–water partition coefficient (Wildman–Crippen LogP) is 3.35. The molecule has 0 radical (unpaired) electrons. The Hall–Kier alpha value is -1.36. The van der Waals surface area contributed by atoms with Crippen LogP contribution in [0.3, 0.4) is 0 Å². The van der Waals surface area contributed by atoms with Gasteiger partial charge in [0.15, 0.2) is 17.0 Å². The van der Waals surface area contributed by atoms with Gasteiger partial charge in [0.1, 0.15) is 0 Å². The first-order valence-electron chi connectivity index (χ1n) is 6.32. The molecule has 0 bridgehead atoms. The monoisotopic (exact) mass is 269 g/mol. The van der Waals surface area contributed by atoms with Crippen molar-refractivity contribution in [2.75, 3.05) is 12.4 Å². The highest BCUT2D eigenvalue weighted by Crippen LogP contribution is 2.20. The lowest BCUT2D eigenvalue weighted by molar-refractivity contribution is 0.641. The van der Waals surface area contributed by atoms with Gasteiger partial charge in [-0.1, -0.05) is 27.2 Å². The normalized spacial score (nSPS) is 10.1. The Morgan fingerprint density at radius 1 is 1.33 bits per heavy atom. The van der Waals surface area contributed by atoms with Crippen LogP contribution in [0.25, 0.3) is 11.2 Å². The van der Waals surface area contributed by atoms with E-state index in [1.165, 1.54) is 0 Å². The summed E-state index contributed by atoms with van der Waals surface area (Å²) in [6.07, 6.45) is 4.02. The number of fused-ring (bicyclic) bond motifs is 1. The summed E-state index contributed by atoms with van der Waals surface area (Å²) < 4.78 is 2.01. The van der Waals surface area contributed by atoms with Gasteiger partial charge in [0.25, 0.3) is 0 Å². The second-order valence-corrected chi connectivity index (χ2v) is 3.89. The number of aryl methyl sites for hydroxylation is 1. The molecule has 1 N–H and O–H groups in total. The van der Waals surface area contributed by atoms with Gasteiger partial charge < -0.3 is 9.88 Å². The van der Waals surface area contributed by atoms with Crippen molar-refractivity contribution in [2.45, 2.75) is 40.2 Å². The number of nitrogens with zero attached hydrogens (tertiary/aromatic N) is 4. The first-order valence-corrected chi connectivity index (χ1v) is 6.70. The van der Waals surface area contributed by atoms with Crippen LogP contribution >= 0.6 is 11.6 Å². The van der Waals surface area contributed by atoms with Gasteiger partial charge in [0.05, 0.1) is 6.33 Å². The summed E-state index contributed by atoms with van der Waals surface area (Å²) in [7, 11) is 1.79. The van der Waals surface area contributed by atoms with Crippen LogP contribution in [0.2, 0.25) is 5.28 Å². The second-order valence-electron chi connectivity index (χ2n) is 3.55. The molecule has 100 valence electrons. The van der Waals surface area contributed by atoms with E-state index in [4.69, 9.17) is 11.6 Å². The maximum Gasteiger partial charge on any atom is 0.226 e. The Balaban J connectivity index is 0.000000771. The van der Waals surface area contributed by atoms with Crippen molar-refractivity contribution in [2.24, 2.45) is 0 Å². The molecule has 0 amide bonds. The highest BCUT2D eigenvalue weighted by molar-refractivity contribution is 6.28. The maximum atomic E-state index is 5.86. The molecule has 2 rings (SSSR count). The fourth-order valence-electron chi connectivity index (χ4n) is 1.58. The molecule has 2 aromatic rings. The fourth-order valence-corrected chi connectivity index (χ4v) is 1.75. The van der Waals surface area contributed by atoms with Crippen LogP contribution in [0.15, 0.2) is 6.33 Å². The standard InChI is InChI=1S/C10H14ClN5.C2H6/c1-3-4-5-16-6-13-7-8(12-2)14-10(11)15-9(7)16;1-2/h6H,3-5H2,1-2H3,(H,12,14,15);1-2H3. The number of anilines is 1. The molecule has 0 saturated carbocycles. The van der Waals surface area contributed by atoms with Gasteiger partial charge in [0.2, 0.25) is 5.28 Å². The van der Waals surface area contributed by atoms with Crippen molar-refractivity contribution in [1.82, 2.24) is 19.5 Å². The highest BCUT2D eigenvalue weighted by atomic mass is 35.5. The average molecular weight is 270 g/mol. The van der Waals surface area contributed by atoms with Crippen molar-refractivity contribution < 1.29 is 0 Å². The molecule has 0 aliphatic heterocycles. The molecule has 0 aliphatic rings. The molecule has 0 aliphatic carbocycles. The van der Waals surface area contributed by atoms with E-state index in [1.807, 2.05) is 18.4 Å². The largest absolute Gasteiger partial charge is 0.371 e. The summed E-state index contributed by atoms with van der Waals surface area (Å²) in [5.74, 6) is 0.672. The molecule has 0 saturated heterocycles. The van der Waals surface area contributed by atoms with Crippen molar-refractivity contribution in [3.8, 4) is 0 Å². The zero-order valence-electron chi connectivity index (χ0n) is 11.4. The lowest BCUT2D eigenvalue weighted by Crippen LogP contribution is -2.00. The molecule has 0 spiro atoms. The number of imidazole rings is 1. The van der Waals surface area contributed by atoms with Crippen molar-refractivity contribution in [1.29, 1.82) is 0 Å². The zero-order chi connectivity index (χ0) is 13.5. The fraction of sp³-hybridized carbons (Fsp3) is 0.583. The van der Waals surface area contributed by atoms with E-state index in [0.29, 0.717) is 5.82 Å². The van der Waals surface area contributed by atoms with Crippen LogP contribution in [0.4, 0.5) is 5.82 Å². The van der Waals surface area contributed by atoms with Crippen LogP contribution in [-0.4, -0.2) is 26.6 Å². The molecule has 2 heterocycles. The Kier molecular flexibility index (Phi) is 5.85. The lowest BCUT2D eigenvalue weighted by Gasteiger charge is -2.03. The number of halogens is 1. The SMILES string of the molecule is CC.CCCCn1cnc2c(NC)nc(Cl)nc21. The number of rotatable bonds is 4. The van der Waals surface area contributed by atoms with Crippen LogP contribution in [-0.2, 0) is 6.54 Å². The van der Waals surface area contributed by atoms with E-state index in [2.05, 4.69) is 27.2 Å². The molecule has 2 aromatic heterocycles. The quantitative estimate of drug-likeness (QED) is 0.865. The summed E-state index contributed by atoms with van der Waals surface area (Å²) in [5, 5.41) is 3.21. The zero-order valence-corrected chi connectivity index (χ0v) is 12.1. The molecule has 18 heavy (non-hydrogen) atoms. The Morgan fingerprint density at radius 3 is 2.67 bits per heavy atom. The number of hydrogen-bond donors (Lipinski definition) is 1. The van der Waals surface area contributed by atoms with Gasteiger partial charge in [0, 0.05) is 13.6 Å². The van der Waals surface area contributed by atoms with Crippen molar-refractivity contribution in [3.05, 3.63) is 11.6 Å². The van der Waals surface area contributed by atoms with E-state index < -0.39 is 0 Å². The number of hydrogen-bond acceptors (Lipinski definition) is 4. The van der Waals surface area contributed by atoms with E-state index in [1.54, 1.807) is 13.4 Å². The molecule has 0 unspecified atom stereocenters. The van der Waals surface area contributed by atoms with Crippen LogP contribution < -0.4 is 5.32 Å². The Morgan fingerprint density at radius 2 is 2.06 bits per heavy atom. The van der Waals surface area contributed by atoms with Gasteiger partial charge in [-0.05, 0) is 18.0 Å². The smallest absolute Gasteiger partial charge is 0.226 e. The second kappa shape index (κ2) is 7.16. The topological polar surface area (TPSA) is 55.6 Å². The minimum Gasteiger partial charge on any atom is -0.371 e. The van der Waals surface area contributed by atoms with E-state index >= 15 is 0 Å². The highest BCUT2D eigenvalue weighted by Gasteiger charge is 2.10. The van der Waals surface area contributed by atoms with Gasteiger partial charge in [-0.2, -0.15) is 9.97 Å². The summed E-state index contributed by atoms with van der Waals surface area (Å²) in [5.41, 5.74) is 1.56. The van der Waals surface area contributed by atoms with Gasteiger partial charge in [-0.3, -0.25) is 0 Å². The van der Waals surface area contributed by atoms with Crippen molar-refractivity contribution >= 4 is 28.6 Å².